The van der Waals surface area contributed by atoms with E-state index in [1.807, 2.05) is 0 Å². The topological polar surface area (TPSA) is 34.1 Å². The lowest BCUT2D eigenvalue weighted by Crippen LogP contribution is -2.10. The quantitative estimate of drug-likeness (QED) is 0.352. The second kappa shape index (κ2) is 4.83. The van der Waals surface area contributed by atoms with E-state index in [0.29, 0.717) is 18.4 Å². The largest absolute Gasteiger partial charge is 0.294 e. The Kier molecular flexibility index (Phi) is 4.42. The Hall–Kier alpha value is -0.920. The Morgan fingerprint density at radius 1 is 1.09 bits per heavy atom. The molecule has 0 aromatic rings. The third-order valence-electron chi connectivity index (χ3n) is 1.53. The van der Waals surface area contributed by atoms with Crippen molar-refractivity contribution >= 4 is 11.6 Å². The molecule has 0 aliphatic heterocycles. The highest BCUT2D eigenvalue weighted by molar-refractivity contribution is 6.19. The van der Waals surface area contributed by atoms with Gasteiger partial charge in [0.2, 0.25) is 0 Å². The lowest BCUT2D eigenvalue weighted by Gasteiger charge is -1.99. The summed E-state index contributed by atoms with van der Waals surface area (Å²) in [4.78, 5) is 22.1. The first kappa shape index (κ1) is 10.1. The van der Waals surface area contributed by atoms with Gasteiger partial charge < -0.3 is 0 Å². The molecule has 2 heteroatoms. The molecule has 11 heavy (non-hydrogen) atoms. The Labute approximate surface area is 67.3 Å². The predicted octanol–water partition coefficient (Wildman–Crippen LogP) is 1.89. The molecule has 0 N–H and O–H groups in total. The van der Waals surface area contributed by atoms with Crippen LogP contribution in [0.25, 0.3) is 0 Å². The van der Waals surface area contributed by atoms with Gasteiger partial charge in [0, 0.05) is 12.8 Å². The van der Waals surface area contributed by atoms with Gasteiger partial charge in [-0.05, 0) is 6.92 Å². The van der Waals surface area contributed by atoms with Crippen molar-refractivity contribution in [3.8, 4) is 0 Å². The molecule has 0 unspecified atom stereocenters. The van der Waals surface area contributed by atoms with Gasteiger partial charge in [0.25, 0.3) is 0 Å². The van der Waals surface area contributed by atoms with E-state index in [1.54, 1.807) is 26.8 Å². The van der Waals surface area contributed by atoms with Crippen molar-refractivity contribution in [1.29, 1.82) is 0 Å². The number of ketones is 2. The summed E-state index contributed by atoms with van der Waals surface area (Å²) < 4.78 is 0. The van der Waals surface area contributed by atoms with Crippen molar-refractivity contribution in [1.82, 2.24) is 0 Å². The maximum absolute atomic E-state index is 11.1. The Morgan fingerprint density at radius 3 is 1.64 bits per heavy atom. The Morgan fingerprint density at radius 2 is 1.45 bits per heavy atom. The SMILES string of the molecule is CC=C(C(=O)CC)C(=O)CC. The fraction of sp³-hybridized carbons (Fsp3) is 0.556. The van der Waals surface area contributed by atoms with E-state index in [9.17, 15) is 9.59 Å². The molecule has 0 aromatic carbocycles. The molecular weight excluding hydrogens is 140 g/mol. The van der Waals surface area contributed by atoms with Crippen LogP contribution < -0.4 is 0 Å². The standard InChI is InChI=1S/C9H14O2/c1-4-7(8(10)5-2)9(11)6-3/h4H,5-6H2,1-3H3. The molecule has 0 aromatic heterocycles. The molecule has 62 valence electrons. The molecule has 0 amide bonds. The van der Waals surface area contributed by atoms with Crippen LogP contribution in [-0.2, 0) is 9.59 Å². The molecule has 0 bridgehead atoms. The van der Waals surface area contributed by atoms with Crippen molar-refractivity contribution in [2.24, 2.45) is 0 Å². The van der Waals surface area contributed by atoms with E-state index in [-0.39, 0.29) is 11.6 Å². The smallest absolute Gasteiger partial charge is 0.165 e. The third kappa shape index (κ3) is 2.66. The highest BCUT2D eigenvalue weighted by atomic mass is 16.1. The van der Waals surface area contributed by atoms with E-state index in [4.69, 9.17) is 0 Å². The number of carbonyl (C=O) groups excluding carboxylic acids is 2. The Bertz CT molecular complexity index is 172. The molecule has 2 nitrogen and oxygen atoms in total. The van der Waals surface area contributed by atoms with Crippen LogP contribution in [0.15, 0.2) is 11.6 Å². The summed E-state index contributed by atoms with van der Waals surface area (Å²) in [6, 6.07) is 0. The second-order valence-corrected chi connectivity index (χ2v) is 2.26. The fourth-order valence-corrected chi connectivity index (χ4v) is 0.858. The normalized spacial score (nSPS) is 9.00. The van der Waals surface area contributed by atoms with Gasteiger partial charge in [-0.3, -0.25) is 9.59 Å². The summed E-state index contributed by atoms with van der Waals surface area (Å²) in [5.74, 6) is -0.112. The van der Waals surface area contributed by atoms with Gasteiger partial charge in [-0.25, -0.2) is 0 Å². The fourth-order valence-electron chi connectivity index (χ4n) is 0.858. The molecule has 0 heterocycles. The first-order chi connectivity index (χ1) is 5.17. The second-order valence-electron chi connectivity index (χ2n) is 2.26. The van der Waals surface area contributed by atoms with Crippen LogP contribution in [0.3, 0.4) is 0 Å². The van der Waals surface area contributed by atoms with E-state index in [2.05, 4.69) is 0 Å². The highest BCUT2D eigenvalue weighted by Crippen LogP contribution is 2.03. The maximum Gasteiger partial charge on any atom is 0.165 e. The van der Waals surface area contributed by atoms with E-state index >= 15 is 0 Å². The number of carbonyl (C=O) groups is 2. The number of Topliss-reactive ketones (excluding diaryl/α,β-unsaturated/α-hetero) is 2. The number of hydrogen-bond donors (Lipinski definition) is 0. The number of hydrogen-bond acceptors (Lipinski definition) is 2. The predicted molar refractivity (Wildman–Crippen MR) is 44.4 cm³/mol. The number of allylic oxidation sites excluding steroid dienone is 2. The van der Waals surface area contributed by atoms with Crippen molar-refractivity contribution in [2.75, 3.05) is 0 Å². The van der Waals surface area contributed by atoms with Gasteiger partial charge in [-0.15, -0.1) is 0 Å². The molecule has 0 saturated heterocycles. The minimum atomic E-state index is -0.0562. The monoisotopic (exact) mass is 154 g/mol. The molecule has 0 spiro atoms. The lowest BCUT2D eigenvalue weighted by molar-refractivity contribution is -0.121. The maximum atomic E-state index is 11.1. The van der Waals surface area contributed by atoms with Crippen LogP contribution in [0.2, 0.25) is 0 Å². The van der Waals surface area contributed by atoms with Gasteiger partial charge in [-0.2, -0.15) is 0 Å². The molecule has 0 aliphatic carbocycles. The summed E-state index contributed by atoms with van der Waals surface area (Å²) in [5, 5.41) is 0. The third-order valence-corrected chi connectivity index (χ3v) is 1.53. The molecule has 0 rings (SSSR count). The van der Waals surface area contributed by atoms with Crippen LogP contribution in [0.4, 0.5) is 0 Å². The zero-order valence-corrected chi connectivity index (χ0v) is 7.31. The van der Waals surface area contributed by atoms with Gasteiger partial charge in [0.05, 0.1) is 5.57 Å². The first-order valence-corrected chi connectivity index (χ1v) is 3.90. The van der Waals surface area contributed by atoms with Crippen molar-refractivity contribution in [3.63, 3.8) is 0 Å². The first-order valence-electron chi connectivity index (χ1n) is 3.90. The van der Waals surface area contributed by atoms with Crippen LogP contribution in [0, 0.1) is 0 Å². The highest BCUT2D eigenvalue weighted by Gasteiger charge is 2.12. The Balaban J connectivity index is 4.43. The zero-order valence-electron chi connectivity index (χ0n) is 7.31. The molecule has 0 saturated carbocycles. The van der Waals surface area contributed by atoms with Gasteiger partial charge in [0.15, 0.2) is 11.6 Å². The average Bonchev–Trinajstić information content (AvgIpc) is 2.05. The van der Waals surface area contributed by atoms with Crippen molar-refractivity contribution in [3.05, 3.63) is 11.6 Å². The zero-order chi connectivity index (χ0) is 8.85. The van der Waals surface area contributed by atoms with Crippen molar-refractivity contribution < 1.29 is 9.59 Å². The van der Waals surface area contributed by atoms with Gasteiger partial charge in [-0.1, -0.05) is 19.9 Å². The van der Waals surface area contributed by atoms with Crippen LogP contribution in [0.1, 0.15) is 33.6 Å². The van der Waals surface area contributed by atoms with Gasteiger partial charge >= 0.3 is 0 Å². The van der Waals surface area contributed by atoms with E-state index in [0.717, 1.165) is 0 Å². The van der Waals surface area contributed by atoms with E-state index < -0.39 is 0 Å². The van der Waals surface area contributed by atoms with Crippen LogP contribution >= 0.6 is 0 Å². The molecule has 0 radical (unpaired) electrons. The molecule has 0 atom stereocenters. The van der Waals surface area contributed by atoms with Crippen LogP contribution in [0.5, 0.6) is 0 Å². The minimum Gasteiger partial charge on any atom is -0.294 e. The van der Waals surface area contributed by atoms with Gasteiger partial charge in [0.1, 0.15) is 0 Å². The summed E-state index contributed by atoms with van der Waals surface area (Å²) in [5.41, 5.74) is 0.356. The number of rotatable bonds is 4. The lowest BCUT2D eigenvalue weighted by atomic mass is 10.0. The summed E-state index contributed by atoms with van der Waals surface area (Å²) in [7, 11) is 0. The summed E-state index contributed by atoms with van der Waals surface area (Å²) in [6.45, 7) is 5.24. The van der Waals surface area contributed by atoms with E-state index in [1.165, 1.54) is 0 Å². The summed E-state index contributed by atoms with van der Waals surface area (Å²) >= 11 is 0. The summed E-state index contributed by atoms with van der Waals surface area (Å²) in [6.07, 6.45) is 2.41. The molecule has 0 fully saturated rings. The average molecular weight is 154 g/mol. The molecule has 0 aliphatic rings. The minimum absolute atomic E-state index is 0.0562. The molecular formula is C9H14O2. The van der Waals surface area contributed by atoms with Crippen molar-refractivity contribution in [2.45, 2.75) is 33.6 Å². The van der Waals surface area contributed by atoms with Crippen LogP contribution in [-0.4, -0.2) is 11.6 Å².